The van der Waals surface area contributed by atoms with Gasteiger partial charge in [0.1, 0.15) is 5.56 Å². The maximum absolute atomic E-state index is 13.6. The fourth-order valence-corrected chi connectivity index (χ4v) is 3.03. The van der Waals surface area contributed by atoms with Crippen LogP contribution in [-0.4, -0.2) is 10.9 Å². The van der Waals surface area contributed by atoms with Gasteiger partial charge in [0.2, 0.25) is 5.43 Å². The summed E-state index contributed by atoms with van der Waals surface area (Å²) in [5, 5.41) is 3.10. The summed E-state index contributed by atoms with van der Waals surface area (Å²) in [4.78, 5) is 28.3. The molecule has 0 aliphatic rings. The Kier molecular flexibility index (Phi) is 4.45. The lowest BCUT2D eigenvalue weighted by molar-refractivity contribution is 0.102. The van der Waals surface area contributed by atoms with E-state index in [1.54, 1.807) is 48.5 Å². The summed E-state index contributed by atoms with van der Waals surface area (Å²) in [6.45, 7) is 0. The van der Waals surface area contributed by atoms with Crippen LogP contribution in [0.3, 0.4) is 0 Å². The number of H-pyrrole nitrogens is 1. The van der Waals surface area contributed by atoms with E-state index in [1.807, 2.05) is 0 Å². The standard InChI is InChI=1S/C22H14F2N2O2/c23-17-10-9-13(11-18(17)24)14-5-1-4-8-20(14)26-22(28)16-12-25-19-7-3-2-6-15(19)21(16)27/h1-12H,(H,25,27)(H,26,28). The molecule has 6 heteroatoms. The van der Waals surface area contributed by atoms with Gasteiger partial charge in [-0.3, -0.25) is 9.59 Å². The number of hydrogen-bond donors (Lipinski definition) is 2. The van der Waals surface area contributed by atoms with E-state index in [0.717, 1.165) is 12.1 Å². The maximum Gasteiger partial charge on any atom is 0.261 e. The monoisotopic (exact) mass is 376 g/mol. The summed E-state index contributed by atoms with van der Waals surface area (Å²) in [5.41, 5.74) is 1.49. The molecule has 1 aromatic heterocycles. The van der Waals surface area contributed by atoms with Crippen LogP contribution in [0.4, 0.5) is 14.5 Å². The van der Waals surface area contributed by atoms with Crippen LogP contribution in [-0.2, 0) is 0 Å². The molecule has 0 spiro atoms. The highest BCUT2D eigenvalue weighted by Gasteiger charge is 2.15. The Morgan fingerprint density at radius 2 is 1.64 bits per heavy atom. The number of anilines is 1. The number of fused-ring (bicyclic) bond motifs is 1. The number of carbonyl (C=O) groups excluding carboxylic acids is 1. The van der Waals surface area contributed by atoms with E-state index in [4.69, 9.17) is 0 Å². The zero-order chi connectivity index (χ0) is 19.7. The van der Waals surface area contributed by atoms with Crippen molar-refractivity contribution in [2.75, 3.05) is 5.32 Å². The number of halogens is 2. The van der Waals surface area contributed by atoms with Gasteiger partial charge in [0.15, 0.2) is 11.6 Å². The summed E-state index contributed by atoms with van der Waals surface area (Å²) in [6.07, 6.45) is 1.36. The zero-order valence-electron chi connectivity index (χ0n) is 14.5. The van der Waals surface area contributed by atoms with Crippen LogP contribution in [0.25, 0.3) is 22.0 Å². The fraction of sp³-hybridized carbons (Fsp3) is 0. The summed E-state index contributed by atoms with van der Waals surface area (Å²) in [6, 6.07) is 17.1. The third-order valence-electron chi connectivity index (χ3n) is 4.44. The Balaban J connectivity index is 1.72. The molecule has 4 nitrogen and oxygen atoms in total. The average Bonchev–Trinajstić information content (AvgIpc) is 2.71. The van der Waals surface area contributed by atoms with Gasteiger partial charge in [0.25, 0.3) is 5.91 Å². The molecule has 0 unspecified atom stereocenters. The number of pyridine rings is 1. The molecule has 1 heterocycles. The van der Waals surface area contributed by atoms with Crippen molar-refractivity contribution in [3.05, 3.63) is 100 Å². The molecule has 1 amide bonds. The molecule has 28 heavy (non-hydrogen) atoms. The van der Waals surface area contributed by atoms with E-state index in [0.29, 0.717) is 27.7 Å². The highest BCUT2D eigenvalue weighted by Crippen LogP contribution is 2.29. The first kappa shape index (κ1) is 17.6. The summed E-state index contributed by atoms with van der Waals surface area (Å²) in [7, 11) is 0. The Bertz CT molecular complexity index is 1260. The van der Waals surface area contributed by atoms with Gasteiger partial charge in [0.05, 0.1) is 0 Å². The van der Waals surface area contributed by atoms with Crippen molar-refractivity contribution in [1.82, 2.24) is 4.98 Å². The van der Waals surface area contributed by atoms with E-state index >= 15 is 0 Å². The Hall–Kier alpha value is -3.80. The molecule has 0 radical (unpaired) electrons. The predicted octanol–water partition coefficient (Wildman–Crippen LogP) is 4.73. The molecule has 0 aliphatic heterocycles. The molecular formula is C22H14F2N2O2. The predicted molar refractivity (Wildman–Crippen MR) is 104 cm³/mol. The lowest BCUT2D eigenvalue weighted by Gasteiger charge is -2.12. The van der Waals surface area contributed by atoms with Crippen LogP contribution < -0.4 is 10.7 Å². The van der Waals surface area contributed by atoms with E-state index in [1.165, 1.54) is 12.3 Å². The van der Waals surface area contributed by atoms with Gasteiger partial charge in [-0.2, -0.15) is 0 Å². The molecule has 0 saturated carbocycles. The van der Waals surface area contributed by atoms with Crippen LogP contribution >= 0.6 is 0 Å². The van der Waals surface area contributed by atoms with E-state index in [2.05, 4.69) is 10.3 Å². The van der Waals surface area contributed by atoms with E-state index < -0.39 is 23.0 Å². The molecular weight excluding hydrogens is 362 g/mol. The van der Waals surface area contributed by atoms with Crippen molar-refractivity contribution in [3.8, 4) is 11.1 Å². The maximum atomic E-state index is 13.6. The van der Waals surface area contributed by atoms with Gasteiger partial charge in [-0.15, -0.1) is 0 Å². The number of aromatic amines is 1. The van der Waals surface area contributed by atoms with E-state index in [-0.39, 0.29) is 5.56 Å². The normalized spacial score (nSPS) is 10.8. The number of benzene rings is 3. The van der Waals surface area contributed by atoms with Crippen LogP contribution in [0.2, 0.25) is 0 Å². The Morgan fingerprint density at radius 3 is 2.46 bits per heavy atom. The number of nitrogens with one attached hydrogen (secondary N) is 2. The number of para-hydroxylation sites is 2. The SMILES string of the molecule is O=C(Nc1ccccc1-c1ccc(F)c(F)c1)c1c[nH]c2ccccc2c1=O. The van der Waals surface area contributed by atoms with E-state index in [9.17, 15) is 18.4 Å². The van der Waals surface area contributed by atoms with Crippen molar-refractivity contribution < 1.29 is 13.6 Å². The van der Waals surface area contributed by atoms with Crippen LogP contribution in [0, 0.1) is 11.6 Å². The molecule has 138 valence electrons. The summed E-state index contributed by atoms with van der Waals surface area (Å²) < 4.78 is 26.9. The number of hydrogen-bond acceptors (Lipinski definition) is 2. The molecule has 2 N–H and O–H groups in total. The second-order valence-corrected chi connectivity index (χ2v) is 6.21. The second-order valence-electron chi connectivity index (χ2n) is 6.21. The van der Waals surface area contributed by atoms with Crippen molar-refractivity contribution in [2.24, 2.45) is 0 Å². The number of amides is 1. The van der Waals surface area contributed by atoms with Crippen LogP contribution in [0.15, 0.2) is 77.7 Å². The first-order valence-electron chi connectivity index (χ1n) is 8.51. The van der Waals surface area contributed by atoms with Gasteiger partial charge >= 0.3 is 0 Å². The van der Waals surface area contributed by atoms with Gasteiger partial charge in [-0.25, -0.2) is 8.78 Å². The highest BCUT2D eigenvalue weighted by molar-refractivity contribution is 6.07. The number of rotatable bonds is 3. The zero-order valence-corrected chi connectivity index (χ0v) is 14.5. The van der Waals surface area contributed by atoms with Crippen molar-refractivity contribution in [3.63, 3.8) is 0 Å². The van der Waals surface area contributed by atoms with Gasteiger partial charge in [0, 0.05) is 28.4 Å². The minimum Gasteiger partial charge on any atom is -0.360 e. The third kappa shape index (κ3) is 3.16. The second kappa shape index (κ2) is 7.08. The Labute approximate surface area is 158 Å². The van der Waals surface area contributed by atoms with Crippen LogP contribution in [0.5, 0.6) is 0 Å². The molecule has 0 saturated heterocycles. The molecule has 0 aliphatic carbocycles. The molecule has 0 atom stereocenters. The van der Waals surface area contributed by atoms with Crippen molar-refractivity contribution in [1.29, 1.82) is 0 Å². The van der Waals surface area contributed by atoms with Crippen molar-refractivity contribution in [2.45, 2.75) is 0 Å². The fourth-order valence-electron chi connectivity index (χ4n) is 3.03. The Morgan fingerprint density at radius 1 is 0.893 bits per heavy atom. The smallest absolute Gasteiger partial charge is 0.261 e. The lowest BCUT2D eigenvalue weighted by Crippen LogP contribution is -2.22. The minimum absolute atomic E-state index is 0.0428. The number of aromatic nitrogens is 1. The number of carbonyl (C=O) groups is 1. The average molecular weight is 376 g/mol. The molecule has 0 bridgehead atoms. The minimum atomic E-state index is -0.982. The quantitative estimate of drug-likeness (QED) is 0.543. The summed E-state index contributed by atoms with van der Waals surface area (Å²) in [5.74, 6) is -2.53. The topological polar surface area (TPSA) is 62.0 Å². The first-order valence-corrected chi connectivity index (χ1v) is 8.51. The highest BCUT2D eigenvalue weighted by atomic mass is 19.2. The van der Waals surface area contributed by atoms with Crippen LogP contribution in [0.1, 0.15) is 10.4 Å². The molecule has 4 rings (SSSR count). The molecule has 3 aromatic carbocycles. The summed E-state index contributed by atoms with van der Waals surface area (Å²) >= 11 is 0. The van der Waals surface area contributed by atoms with Gasteiger partial charge < -0.3 is 10.3 Å². The molecule has 4 aromatic rings. The van der Waals surface area contributed by atoms with Crippen molar-refractivity contribution >= 4 is 22.5 Å². The van der Waals surface area contributed by atoms with Gasteiger partial charge in [-0.1, -0.05) is 36.4 Å². The molecule has 0 fully saturated rings. The van der Waals surface area contributed by atoms with Gasteiger partial charge in [-0.05, 0) is 35.9 Å². The largest absolute Gasteiger partial charge is 0.360 e. The third-order valence-corrected chi connectivity index (χ3v) is 4.44. The lowest BCUT2D eigenvalue weighted by atomic mass is 10.0. The first-order chi connectivity index (χ1) is 13.5.